The minimum Gasteiger partial charge on any atom is -0.317 e. The molecule has 0 aliphatic rings. The van der Waals surface area contributed by atoms with Crippen LogP contribution in [-0.2, 0) is 0 Å². The van der Waals surface area contributed by atoms with Gasteiger partial charge in [-0.05, 0) is 6.42 Å². The van der Waals surface area contributed by atoms with Crippen molar-refractivity contribution in [3.8, 4) is 0 Å². The molecule has 0 aliphatic carbocycles. The monoisotopic (exact) mass is 105 g/mol. The molecular formula is C3H11NOSi. The lowest BCUT2D eigenvalue weighted by molar-refractivity contribution is 0.167. The van der Waals surface area contributed by atoms with Crippen LogP contribution in [-0.4, -0.2) is 22.0 Å². The molecule has 38 valence electrons. The lowest BCUT2D eigenvalue weighted by Gasteiger charge is -1.88. The van der Waals surface area contributed by atoms with E-state index in [9.17, 15) is 0 Å². The van der Waals surface area contributed by atoms with Crippen molar-refractivity contribution in [2.75, 3.05) is 6.54 Å². The first-order valence-electron chi connectivity index (χ1n) is 2.28. The Bertz CT molecular complexity index is 22.8. The summed E-state index contributed by atoms with van der Waals surface area (Å²) < 4.78 is 0. The van der Waals surface area contributed by atoms with Crippen molar-refractivity contribution < 1.29 is 5.21 Å². The van der Waals surface area contributed by atoms with Crippen LogP contribution in [0.1, 0.15) is 6.42 Å². The van der Waals surface area contributed by atoms with Crippen molar-refractivity contribution in [3.05, 3.63) is 0 Å². The molecule has 0 saturated heterocycles. The van der Waals surface area contributed by atoms with Gasteiger partial charge < -0.3 is 5.21 Å². The molecule has 0 fully saturated rings. The Kier molecular flexibility index (Phi) is 5.25. The molecule has 2 nitrogen and oxygen atoms in total. The summed E-state index contributed by atoms with van der Waals surface area (Å²) >= 11 is 0. The zero-order valence-electron chi connectivity index (χ0n) is 4.07. The molecule has 0 aliphatic heterocycles. The second-order valence-electron chi connectivity index (χ2n) is 1.26. The van der Waals surface area contributed by atoms with E-state index in [2.05, 4.69) is 5.48 Å². The lowest BCUT2D eigenvalue weighted by atomic mass is 10.5. The van der Waals surface area contributed by atoms with Crippen molar-refractivity contribution in [1.82, 2.24) is 5.48 Å². The van der Waals surface area contributed by atoms with E-state index >= 15 is 0 Å². The van der Waals surface area contributed by atoms with Gasteiger partial charge in [-0.2, -0.15) is 0 Å². The maximum absolute atomic E-state index is 7.96. The fraction of sp³-hybridized carbons (Fsp3) is 1.00. The minimum atomic E-state index is 0.753. The predicted molar refractivity (Wildman–Crippen MR) is 29.2 cm³/mol. The van der Waals surface area contributed by atoms with Gasteiger partial charge in [-0.3, -0.25) is 0 Å². The van der Waals surface area contributed by atoms with Gasteiger partial charge in [0.15, 0.2) is 0 Å². The van der Waals surface area contributed by atoms with Crippen molar-refractivity contribution in [3.63, 3.8) is 0 Å². The van der Waals surface area contributed by atoms with Crippen LogP contribution in [0.2, 0.25) is 6.04 Å². The van der Waals surface area contributed by atoms with E-state index in [1.165, 1.54) is 16.3 Å². The highest BCUT2D eigenvalue weighted by molar-refractivity contribution is 6.08. The molecule has 0 aromatic rings. The van der Waals surface area contributed by atoms with Gasteiger partial charge in [0.05, 0.1) is 0 Å². The fourth-order valence-corrected chi connectivity index (χ4v) is 0.609. The number of hydrogen-bond donors (Lipinski definition) is 2. The number of hydrogen-bond acceptors (Lipinski definition) is 2. The van der Waals surface area contributed by atoms with E-state index < -0.39 is 0 Å². The summed E-state index contributed by atoms with van der Waals surface area (Å²) in [6, 6.07) is 1.27. The highest BCUT2D eigenvalue weighted by Gasteiger charge is 1.74. The predicted octanol–water partition coefficient (Wildman–Crippen LogP) is -0.861. The minimum absolute atomic E-state index is 0.753. The number of rotatable bonds is 3. The summed E-state index contributed by atoms with van der Waals surface area (Å²) in [6.07, 6.45) is 1.11. The molecule has 0 bridgehead atoms. The van der Waals surface area contributed by atoms with E-state index in [1.807, 2.05) is 0 Å². The van der Waals surface area contributed by atoms with Crippen LogP contribution in [0.15, 0.2) is 0 Å². The Balaban J connectivity index is 2.34. The molecule has 0 aromatic heterocycles. The molecule has 0 amide bonds. The Morgan fingerprint density at radius 2 is 2.33 bits per heavy atom. The average molecular weight is 105 g/mol. The zero-order valence-corrected chi connectivity index (χ0v) is 6.07. The third-order valence-corrected chi connectivity index (χ3v) is 1.35. The van der Waals surface area contributed by atoms with Crippen LogP contribution in [0, 0.1) is 0 Å². The van der Waals surface area contributed by atoms with Crippen LogP contribution in [0.25, 0.3) is 0 Å². The Hall–Kier alpha value is 0.137. The molecule has 0 heterocycles. The first-order chi connectivity index (χ1) is 2.91. The van der Waals surface area contributed by atoms with Crippen LogP contribution in [0.3, 0.4) is 0 Å². The topological polar surface area (TPSA) is 32.3 Å². The van der Waals surface area contributed by atoms with E-state index in [0.29, 0.717) is 0 Å². The van der Waals surface area contributed by atoms with E-state index in [1.54, 1.807) is 0 Å². The summed E-state index contributed by atoms with van der Waals surface area (Å²) in [6.45, 7) is 0.753. The van der Waals surface area contributed by atoms with Gasteiger partial charge in [0, 0.05) is 16.8 Å². The molecule has 6 heavy (non-hydrogen) atoms. The molecule has 0 radical (unpaired) electrons. The Morgan fingerprint density at radius 1 is 1.67 bits per heavy atom. The van der Waals surface area contributed by atoms with Gasteiger partial charge in [-0.15, -0.1) is 0 Å². The third kappa shape index (κ3) is 4.14. The molecule has 0 rings (SSSR count). The normalized spacial score (nSPS) is 9.50. The molecular weight excluding hydrogens is 94.1 g/mol. The molecule has 0 unspecified atom stereocenters. The molecule has 0 aromatic carbocycles. The smallest absolute Gasteiger partial charge is 0.0204 e. The van der Waals surface area contributed by atoms with Crippen molar-refractivity contribution in [2.24, 2.45) is 0 Å². The quantitative estimate of drug-likeness (QED) is 0.278. The summed E-state index contributed by atoms with van der Waals surface area (Å²) in [4.78, 5) is 0. The van der Waals surface area contributed by atoms with Gasteiger partial charge >= 0.3 is 0 Å². The largest absolute Gasteiger partial charge is 0.317 e. The lowest BCUT2D eigenvalue weighted by Crippen LogP contribution is -2.07. The van der Waals surface area contributed by atoms with Crippen LogP contribution < -0.4 is 5.48 Å². The summed E-state index contributed by atoms with van der Waals surface area (Å²) in [7, 11) is 1.25. The highest BCUT2D eigenvalue weighted by Crippen LogP contribution is 1.76. The highest BCUT2D eigenvalue weighted by atomic mass is 28.1. The summed E-state index contributed by atoms with van der Waals surface area (Å²) in [5, 5.41) is 7.96. The first kappa shape index (κ1) is 6.14. The molecule has 0 spiro atoms. The van der Waals surface area contributed by atoms with Crippen molar-refractivity contribution in [1.29, 1.82) is 0 Å². The van der Waals surface area contributed by atoms with Crippen LogP contribution in [0.4, 0.5) is 0 Å². The standard InChI is InChI=1S/C3H11NOSi/c5-4-2-1-3-6/h4-5H,1-3H2,6H3. The van der Waals surface area contributed by atoms with E-state index in [-0.39, 0.29) is 0 Å². The Morgan fingerprint density at radius 3 is 2.50 bits per heavy atom. The molecule has 2 N–H and O–H groups in total. The second kappa shape index (κ2) is 5.14. The van der Waals surface area contributed by atoms with E-state index in [4.69, 9.17) is 5.21 Å². The molecule has 0 atom stereocenters. The Labute approximate surface area is 40.9 Å². The number of hydroxylamine groups is 1. The van der Waals surface area contributed by atoms with E-state index in [0.717, 1.165) is 13.0 Å². The van der Waals surface area contributed by atoms with Crippen LogP contribution >= 0.6 is 0 Å². The summed E-state index contributed by atoms with van der Waals surface area (Å²) in [5.41, 5.74) is 2.09. The van der Waals surface area contributed by atoms with Crippen molar-refractivity contribution >= 4 is 10.2 Å². The SMILES string of the molecule is ONCCC[SiH3]. The van der Waals surface area contributed by atoms with Crippen molar-refractivity contribution in [2.45, 2.75) is 12.5 Å². The van der Waals surface area contributed by atoms with Gasteiger partial charge in [0.1, 0.15) is 0 Å². The van der Waals surface area contributed by atoms with Gasteiger partial charge in [0.25, 0.3) is 0 Å². The average Bonchev–Trinajstić information content (AvgIpc) is 1.61. The van der Waals surface area contributed by atoms with Gasteiger partial charge in [-0.1, -0.05) is 6.04 Å². The third-order valence-electron chi connectivity index (χ3n) is 0.642. The zero-order chi connectivity index (χ0) is 4.83. The second-order valence-corrected chi connectivity index (χ2v) is 2.26. The summed E-state index contributed by atoms with van der Waals surface area (Å²) in [5.74, 6) is 0. The molecule has 3 heteroatoms. The molecule has 0 saturated carbocycles. The maximum Gasteiger partial charge on any atom is 0.0204 e. The van der Waals surface area contributed by atoms with Crippen LogP contribution in [0.5, 0.6) is 0 Å². The number of nitrogens with one attached hydrogen (secondary N) is 1. The fourth-order valence-electron chi connectivity index (χ4n) is 0.256. The first-order valence-corrected chi connectivity index (χ1v) is 3.70. The van der Waals surface area contributed by atoms with Gasteiger partial charge in [-0.25, -0.2) is 5.48 Å². The maximum atomic E-state index is 7.96. The van der Waals surface area contributed by atoms with Gasteiger partial charge in [0.2, 0.25) is 0 Å².